The SMILES string of the molecule is Cc1[nH]c2ccccc2c1C1CCN(c2ncnc3ccc(S(C)(=O)=O)cc23)CC1. The lowest BCUT2D eigenvalue weighted by molar-refractivity contribution is 0.504. The van der Waals surface area contributed by atoms with Crippen LogP contribution in [0.3, 0.4) is 0 Å². The number of hydrogen-bond acceptors (Lipinski definition) is 5. The van der Waals surface area contributed by atoms with Crippen molar-refractivity contribution in [2.24, 2.45) is 0 Å². The van der Waals surface area contributed by atoms with E-state index in [0.717, 1.165) is 42.7 Å². The Balaban J connectivity index is 1.45. The van der Waals surface area contributed by atoms with Crippen LogP contribution >= 0.6 is 0 Å². The Kier molecular flexibility index (Phi) is 4.50. The second-order valence-corrected chi connectivity index (χ2v) is 10.1. The topological polar surface area (TPSA) is 79.0 Å². The number of aromatic amines is 1. The van der Waals surface area contributed by atoms with Crippen molar-refractivity contribution in [2.75, 3.05) is 24.2 Å². The van der Waals surface area contributed by atoms with Crippen LogP contribution in [0, 0.1) is 6.92 Å². The molecule has 7 heteroatoms. The molecule has 0 unspecified atom stereocenters. The molecule has 0 aliphatic carbocycles. The van der Waals surface area contributed by atoms with Crippen molar-refractivity contribution in [1.29, 1.82) is 0 Å². The van der Waals surface area contributed by atoms with Crippen LogP contribution in [0.25, 0.3) is 21.8 Å². The second kappa shape index (κ2) is 7.09. The van der Waals surface area contributed by atoms with Crippen molar-refractivity contribution in [3.8, 4) is 0 Å². The molecular formula is C23H24N4O2S. The number of rotatable bonds is 3. The molecular weight excluding hydrogens is 396 g/mol. The Bertz CT molecular complexity index is 1350. The van der Waals surface area contributed by atoms with E-state index in [1.165, 1.54) is 28.4 Å². The van der Waals surface area contributed by atoms with Crippen molar-refractivity contribution < 1.29 is 8.42 Å². The maximum absolute atomic E-state index is 12.0. The largest absolute Gasteiger partial charge is 0.358 e. The van der Waals surface area contributed by atoms with Crippen LogP contribution in [0.4, 0.5) is 5.82 Å². The molecule has 6 nitrogen and oxygen atoms in total. The summed E-state index contributed by atoms with van der Waals surface area (Å²) in [5, 5.41) is 2.11. The van der Waals surface area contributed by atoms with Gasteiger partial charge in [0, 0.05) is 41.3 Å². The molecule has 3 heterocycles. The van der Waals surface area contributed by atoms with Gasteiger partial charge in [0.1, 0.15) is 12.1 Å². The van der Waals surface area contributed by atoms with Gasteiger partial charge in [-0.3, -0.25) is 0 Å². The monoisotopic (exact) mass is 420 g/mol. The van der Waals surface area contributed by atoms with Gasteiger partial charge in [-0.2, -0.15) is 0 Å². The number of para-hydroxylation sites is 1. The lowest BCUT2D eigenvalue weighted by Gasteiger charge is -2.33. The maximum atomic E-state index is 12.0. The number of piperidine rings is 1. The first-order valence-electron chi connectivity index (χ1n) is 10.2. The Labute approximate surface area is 175 Å². The molecule has 1 saturated heterocycles. The minimum atomic E-state index is -3.28. The van der Waals surface area contributed by atoms with Crippen LogP contribution in [0.2, 0.25) is 0 Å². The standard InChI is InChI=1S/C23H24N4O2S/c1-15-22(18-5-3-4-6-21(18)26-15)16-9-11-27(12-10-16)23-19-13-17(30(2,28)29)7-8-20(19)24-14-25-23/h3-8,13-14,16,26H,9-12H2,1-2H3. The minimum Gasteiger partial charge on any atom is -0.358 e. The van der Waals surface area contributed by atoms with Crippen LogP contribution < -0.4 is 4.90 Å². The Morgan fingerprint density at radius 2 is 1.80 bits per heavy atom. The van der Waals surface area contributed by atoms with Gasteiger partial charge in [0.2, 0.25) is 0 Å². The molecule has 30 heavy (non-hydrogen) atoms. The summed E-state index contributed by atoms with van der Waals surface area (Å²) >= 11 is 0. The van der Waals surface area contributed by atoms with Crippen LogP contribution in [0.5, 0.6) is 0 Å². The number of aryl methyl sites for hydroxylation is 1. The number of fused-ring (bicyclic) bond motifs is 2. The van der Waals surface area contributed by atoms with Gasteiger partial charge in [0.15, 0.2) is 9.84 Å². The number of benzene rings is 2. The number of nitrogens with one attached hydrogen (secondary N) is 1. The number of aromatic nitrogens is 3. The zero-order chi connectivity index (χ0) is 20.9. The number of anilines is 1. The summed E-state index contributed by atoms with van der Waals surface area (Å²) in [6.07, 6.45) is 4.85. The average molecular weight is 421 g/mol. The Morgan fingerprint density at radius 3 is 2.57 bits per heavy atom. The molecule has 4 aromatic rings. The molecule has 0 radical (unpaired) electrons. The highest BCUT2D eigenvalue weighted by Gasteiger charge is 2.26. The highest BCUT2D eigenvalue weighted by molar-refractivity contribution is 7.90. The van der Waals surface area contributed by atoms with Gasteiger partial charge in [-0.15, -0.1) is 0 Å². The third kappa shape index (κ3) is 3.23. The fraction of sp³-hybridized carbons (Fsp3) is 0.304. The van der Waals surface area contributed by atoms with E-state index in [4.69, 9.17) is 0 Å². The average Bonchev–Trinajstić information content (AvgIpc) is 3.08. The molecule has 0 bridgehead atoms. The first-order valence-corrected chi connectivity index (χ1v) is 12.1. The summed E-state index contributed by atoms with van der Waals surface area (Å²) in [7, 11) is -3.28. The number of H-pyrrole nitrogens is 1. The molecule has 1 fully saturated rings. The number of nitrogens with zero attached hydrogens (tertiary/aromatic N) is 3. The van der Waals surface area contributed by atoms with Crippen molar-refractivity contribution in [3.05, 3.63) is 60.0 Å². The second-order valence-electron chi connectivity index (χ2n) is 8.12. The van der Waals surface area contributed by atoms with E-state index in [0.29, 0.717) is 10.8 Å². The number of sulfone groups is 1. The fourth-order valence-corrected chi connectivity index (χ4v) is 5.36. The summed E-state index contributed by atoms with van der Waals surface area (Å²) in [6.45, 7) is 3.91. The van der Waals surface area contributed by atoms with E-state index in [2.05, 4.69) is 51.0 Å². The third-order valence-electron chi connectivity index (χ3n) is 6.16. The quantitative estimate of drug-likeness (QED) is 0.537. The summed E-state index contributed by atoms with van der Waals surface area (Å²) < 4.78 is 24.0. The summed E-state index contributed by atoms with van der Waals surface area (Å²) in [6, 6.07) is 13.6. The van der Waals surface area contributed by atoms with Crippen LogP contribution in [0.1, 0.15) is 30.0 Å². The summed E-state index contributed by atoms with van der Waals surface area (Å²) in [4.78, 5) is 14.9. The Morgan fingerprint density at radius 1 is 1.03 bits per heavy atom. The van der Waals surface area contributed by atoms with E-state index in [1.807, 2.05) is 0 Å². The van der Waals surface area contributed by atoms with E-state index in [-0.39, 0.29) is 0 Å². The van der Waals surface area contributed by atoms with Gasteiger partial charge >= 0.3 is 0 Å². The summed E-state index contributed by atoms with van der Waals surface area (Å²) in [5.41, 5.74) is 4.64. The predicted molar refractivity (Wildman–Crippen MR) is 120 cm³/mol. The lowest BCUT2D eigenvalue weighted by Crippen LogP contribution is -2.33. The van der Waals surface area contributed by atoms with Crippen LogP contribution in [0.15, 0.2) is 53.7 Å². The summed E-state index contributed by atoms with van der Waals surface area (Å²) in [5.74, 6) is 1.32. The van der Waals surface area contributed by atoms with E-state index in [1.54, 1.807) is 24.5 Å². The molecule has 154 valence electrons. The molecule has 5 rings (SSSR count). The first-order chi connectivity index (χ1) is 14.4. The third-order valence-corrected chi connectivity index (χ3v) is 7.27. The van der Waals surface area contributed by atoms with Crippen molar-refractivity contribution in [3.63, 3.8) is 0 Å². The molecule has 1 N–H and O–H groups in total. The highest BCUT2D eigenvalue weighted by Crippen LogP contribution is 2.37. The molecule has 1 aliphatic heterocycles. The minimum absolute atomic E-state index is 0.301. The van der Waals surface area contributed by atoms with Crippen LogP contribution in [-0.2, 0) is 9.84 Å². The van der Waals surface area contributed by atoms with Crippen molar-refractivity contribution >= 4 is 37.5 Å². The smallest absolute Gasteiger partial charge is 0.175 e. The molecule has 0 spiro atoms. The fourth-order valence-electron chi connectivity index (χ4n) is 4.71. The van der Waals surface area contributed by atoms with E-state index >= 15 is 0 Å². The van der Waals surface area contributed by atoms with Gasteiger partial charge in [0.25, 0.3) is 0 Å². The van der Waals surface area contributed by atoms with E-state index < -0.39 is 9.84 Å². The maximum Gasteiger partial charge on any atom is 0.175 e. The molecule has 0 atom stereocenters. The van der Waals surface area contributed by atoms with E-state index in [9.17, 15) is 8.42 Å². The zero-order valence-electron chi connectivity index (χ0n) is 17.1. The molecule has 0 amide bonds. The van der Waals surface area contributed by atoms with Gasteiger partial charge in [-0.05, 0) is 55.5 Å². The van der Waals surface area contributed by atoms with Gasteiger partial charge < -0.3 is 9.88 Å². The zero-order valence-corrected chi connectivity index (χ0v) is 17.9. The normalized spacial score (nSPS) is 15.9. The van der Waals surface area contributed by atoms with Crippen LogP contribution in [-0.4, -0.2) is 42.7 Å². The molecule has 1 aliphatic rings. The van der Waals surface area contributed by atoms with Gasteiger partial charge in [-0.1, -0.05) is 18.2 Å². The highest BCUT2D eigenvalue weighted by atomic mass is 32.2. The Hall–Kier alpha value is -2.93. The predicted octanol–water partition coefficient (Wildman–Crippen LogP) is 4.21. The van der Waals surface area contributed by atoms with Crippen molar-refractivity contribution in [2.45, 2.75) is 30.6 Å². The van der Waals surface area contributed by atoms with Crippen molar-refractivity contribution in [1.82, 2.24) is 15.0 Å². The molecule has 2 aromatic carbocycles. The first kappa shape index (κ1) is 19.1. The number of hydrogen-bond donors (Lipinski definition) is 1. The molecule has 0 saturated carbocycles. The van der Waals surface area contributed by atoms with Gasteiger partial charge in [-0.25, -0.2) is 18.4 Å². The molecule has 2 aromatic heterocycles. The lowest BCUT2D eigenvalue weighted by atomic mass is 9.87. The van der Waals surface area contributed by atoms with Gasteiger partial charge in [0.05, 0.1) is 10.4 Å².